The number of ether oxygens (including phenoxy) is 6. The van der Waals surface area contributed by atoms with Gasteiger partial charge in [-0.1, -0.05) is 61.5 Å². The summed E-state index contributed by atoms with van der Waals surface area (Å²) in [4.78, 5) is 13.4. The molecule has 6 atom stereocenters. The van der Waals surface area contributed by atoms with Crippen LogP contribution in [-0.4, -0.2) is 61.6 Å². The highest BCUT2D eigenvalue weighted by Gasteiger charge is 2.45. The largest absolute Gasteiger partial charge is 0.497 e. The van der Waals surface area contributed by atoms with Gasteiger partial charge in [-0.25, -0.2) is 0 Å². The zero-order chi connectivity index (χ0) is 30.0. The lowest BCUT2D eigenvalue weighted by atomic mass is 9.87. The number of benzene rings is 2. The number of cyclic esters (lactones) is 1. The third kappa shape index (κ3) is 9.38. The average molecular weight is 583 g/mol. The maximum Gasteiger partial charge on any atom is 0.311 e. The highest BCUT2D eigenvalue weighted by Crippen LogP contribution is 2.37. The van der Waals surface area contributed by atoms with Crippen molar-refractivity contribution in [3.63, 3.8) is 0 Å². The van der Waals surface area contributed by atoms with E-state index in [0.29, 0.717) is 51.9 Å². The molecule has 0 aromatic heterocycles. The first-order valence-corrected chi connectivity index (χ1v) is 14.9. The number of aliphatic hydroxyl groups excluding tert-OH is 1. The average Bonchev–Trinajstić information content (AvgIpc) is 2.98. The van der Waals surface area contributed by atoms with E-state index in [-0.39, 0.29) is 24.5 Å². The zero-order valence-electron chi connectivity index (χ0n) is 25.3. The van der Waals surface area contributed by atoms with E-state index in [0.717, 1.165) is 16.9 Å². The monoisotopic (exact) mass is 582 g/mol. The molecule has 2 aromatic rings. The van der Waals surface area contributed by atoms with Crippen LogP contribution in [0.4, 0.5) is 0 Å². The van der Waals surface area contributed by atoms with E-state index >= 15 is 0 Å². The minimum Gasteiger partial charge on any atom is -0.497 e. The summed E-state index contributed by atoms with van der Waals surface area (Å²) in [6.07, 6.45) is 5.18. The quantitative estimate of drug-likeness (QED) is 0.204. The van der Waals surface area contributed by atoms with E-state index in [2.05, 4.69) is 0 Å². The Bertz CT molecular complexity index is 1140. The number of hydrogen-bond acceptors (Lipinski definition) is 8. The standard InChI is InChI=1S/C34H46O8/c1-25-11-14-29-19-30(40-24-27-12-15-28(37-3)16-13-27)20-34(38-4,41-29)22-32(36)42-33(2,21-31(25)35)17-8-18-39-23-26-9-6-5-7-10-26/h5-7,9-16,25,29-31,35H,8,17-24H2,1-4H3/b14-11+/t25-,29+,30-,31+,33?,34+/m1/s1. The second-order valence-electron chi connectivity index (χ2n) is 11.8. The Kier molecular flexibility index (Phi) is 11.6. The van der Waals surface area contributed by atoms with Crippen molar-refractivity contribution in [2.75, 3.05) is 20.8 Å². The second-order valence-corrected chi connectivity index (χ2v) is 11.8. The molecule has 2 heterocycles. The lowest BCUT2D eigenvalue weighted by Crippen LogP contribution is -2.50. The summed E-state index contributed by atoms with van der Waals surface area (Å²) < 4.78 is 35.8. The summed E-state index contributed by atoms with van der Waals surface area (Å²) in [5.41, 5.74) is 1.26. The number of methoxy groups -OCH3 is 2. The van der Waals surface area contributed by atoms with Crippen LogP contribution in [0.5, 0.6) is 5.75 Å². The zero-order valence-corrected chi connectivity index (χ0v) is 25.3. The van der Waals surface area contributed by atoms with Gasteiger partial charge < -0.3 is 33.5 Å². The van der Waals surface area contributed by atoms with Gasteiger partial charge in [-0.05, 0) is 43.0 Å². The minimum absolute atomic E-state index is 0.0814. The van der Waals surface area contributed by atoms with Crippen LogP contribution in [0.1, 0.15) is 63.5 Å². The third-order valence-electron chi connectivity index (χ3n) is 8.17. The number of hydrogen-bond donors (Lipinski definition) is 1. The molecule has 1 unspecified atom stereocenters. The first-order chi connectivity index (χ1) is 20.2. The van der Waals surface area contributed by atoms with Crippen LogP contribution in [0, 0.1) is 5.92 Å². The van der Waals surface area contributed by atoms with Crippen molar-refractivity contribution in [1.29, 1.82) is 0 Å². The van der Waals surface area contributed by atoms with Crippen molar-refractivity contribution >= 4 is 5.97 Å². The molecule has 0 amide bonds. The summed E-state index contributed by atoms with van der Waals surface area (Å²) in [6.45, 7) is 5.31. The van der Waals surface area contributed by atoms with E-state index < -0.39 is 23.5 Å². The van der Waals surface area contributed by atoms with Gasteiger partial charge in [-0.3, -0.25) is 4.79 Å². The van der Waals surface area contributed by atoms with Crippen molar-refractivity contribution in [3.05, 3.63) is 77.9 Å². The Morgan fingerprint density at radius 2 is 1.71 bits per heavy atom. The SMILES string of the molecule is COc1ccc(CO[C@@H]2C[C@@H]3/C=C/[C@@H](C)[C@@H](O)CC(C)(CCCOCc4ccccc4)OC(=O)C[C@](OC)(C2)O3)cc1. The van der Waals surface area contributed by atoms with Crippen LogP contribution in [0.3, 0.4) is 0 Å². The van der Waals surface area contributed by atoms with Gasteiger partial charge in [0.15, 0.2) is 5.79 Å². The van der Waals surface area contributed by atoms with E-state index in [4.69, 9.17) is 28.4 Å². The van der Waals surface area contributed by atoms with Crippen molar-refractivity contribution in [2.45, 2.75) is 95.3 Å². The molecule has 0 spiro atoms. The molecule has 2 bridgehead atoms. The van der Waals surface area contributed by atoms with Crippen LogP contribution in [0.2, 0.25) is 0 Å². The van der Waals surface area contributed by atoms with E-state index in [1.54, 1.807) is 14.2 Å². The van der Waals surface area contributed by atoms with Gasteiger partial charge in [0, 0.05) is 38.9 Å². The molecule has 0 saturated carbocycles. The number of carbonyl (C=O) groups is 1. The molecule has 1 N–H and O–H groups in total. The molecule has 1 saturated heterocycles. The van der Waals surface area contributed by atoms with Crippen LogP contribution in [-0.2, 0) is 41.7 Å². The van der Waals surface area contributed by atoms with E-state index in [1.165, 1.54) is 0 Å². The fourth-order valence-corrected chi connectivity index (χ4v) is 5.65. The van der Waals surface area contributed by atoms with Crippen molar-refractivity contribution < 1.29 is 38.3 Å². The van der Waals surface area contributed by atoms with Crippen LogP contribution in [0.25, 0.3) is 0 Å². The predicted molar refractivity (Wildman–Crippen MR) is 159 cm³/mol. The highest BCUT2D eigenvalue weighted by molar-refractivity contribution is 5.71. The van der Waals surface area contributed by atoms with Crippen LogP contribution < -0.4 is 4.74 Å². The van der Waals surface area contributed by atoms with Gasteiger partial charge in [0.2, 0.25) is 0 Å². The number of esters is 1. The van der Waals surface area contributed by atoms with Gasteiger partial charge >= 0.3 is 5.97 Å². The van der Waals surface area contributed by atoms with Gasteiger partial charge in [0.1, 0.15) is 11.4 Å². The number of fused-ring (bicyclic) bond motifs is 2. The molecular formula is C34H46O8. The normalized spacial score (nSPS) is 30.9. The van der Waals surface area contributed by atoms with Crippen molar-refractivity contribution in [2.24, 2.45) is 5.92 Å². The van der Waals surface area contributed by atoms with Crippen LogP contribution in [0.15, 0.2) is 66.7 Å². The third-order valence-corrected chi connectivity index (χ3v) is 8.17. The summed E-state index contributed by atoms with van der Waals surface area (Å²) in [5.74, 6) is -0.992. The molecule has 8 nitrogen and oxygen atoms in total. The molecule has 2 aliphatic rings. The Morgan fingerprint density at radius 1 is 0.976 bits per heavy atom. The Hall–Kier alpha value is -2.75. The number of aliphatic hydroxyl groups is 1. The maximum atomic E-state index is 13.4. The fourth-order valence-electron chi connectivity index (χ4n) is 5.65. The van der Waals surface area contributed by atoms with Crippen molar-refractivity contribution in [1.82, 2.24) is 0 Å². The first kappa shape index (κ1) is 32.2. The molecule has 2 aliphatic heterocycles. The van der Waals surface area contributed by atoms with Gasteiger partial charge in [0.05, 0.1) is 45.1 Å². The lowest BCUT2D eigenvalue weighted by molar-refractivity contribution is -0.285. The minimum atomic E-state index is -1.18. The molecule has 8 heteroatoms. The Balaban J connectivity index is 1.42. The molecule has 42 heavy (non-hydrogen) atoms. The summed E-state index contributed by atoms with van der Waals surface area (Å²) >= 11 is 0. The first-order valence-electron chi connectivity index (χ1n) is 14.9. The molecule has 0 aliphatic carbocycles. The number of rotatable bonds is 11. The maximum absolute atomic E-state index is 13.4. The number of carbonyl (C=O) groups excluding carboxylic acids is 1. The Morgan fingerprint density at radius 3 is 2.43 bits per heavy atom. The Labute approximate surface area is 249 Å². The highest BCUT2D eigenvalue weighted by atomic mass is 16.7. The molecular weight excluding hydrogens is 536 g/mol. The molecule has 2 aromatic carbocycles. The molecule has 4 rings (SSSR count). The van der Waals surface area contributed by atoms with Gasteiger partial charge in [-0.15, -0.1) is 0 Å². The second kappa shape index (κ2) is 15.1. The van der Waals surface area contributed by atoms with Crippen LogP contribution >= 0.6 is 0 Å². The van der Waals surface area contributed by atoms with Crippen molar-refractivity contribution in [3.8, 4) is 5.75 Å². The molecule has 0 radical (unpaired) electrons. The molecule has 1 fully saturated rings. The smallest absolute Gasteiger partial charge is 0.311 e. The van der Waals surface area contributed by atoms with Gasteiger partial charge in [0.25, 0.3) is 0 Å². The van der Waals surface area contributed by atoms with E-state index in [9.17, 15) is 9.90 Å². The summed E-state index contributed by atoms with van der Waals surface area (Å²) in [6, 6.07) is 17.8. The van der Waals surface area contributed by atoms with E-state index in [1.807, 2.05) is 80.6 Å². The predicted octanol–water partition coefficient (Wildman–Crippen LogP) is 5.75. The lowest BCUT2D eigenvalue weighted by Gasteiger charge is -2.43. The summed E-state index contributed by atoms with van der Waals surface area (Å²) in [7, 11) is 3.20. The summed E-state index contributed by atoms with van der Waals surface area (Å²) in [5, 5.41) is 11.1. The topological polar surface area (TPSA) is 92.7 Å². The fraction of sp³-hybridized carbons (Fsp3) is 0.559. The van der Waals surface area contributed by atoms with Gasteiger partial charge in [-0.2, -0.15) is 0 Å². The molecule has 230 valence electrons.